The molecule has 3 fully saturated rings. The molecule has 3 heterocycles. The zero-order valence-electron chi connectivity index (χ0n) is 65.2. The molecule has 17 atom stereocenters. The second-order valence-corrected chi connectivity index (χ2v) is 29.6. The van der Waals surface area contributed by atoms with Gasteiger partial charge < -0.3 is 89.9 Å². The Morgan fingerprint density at radius 1 is 0.352 bits per heavy atom. The molecule has 0 aliphatic carbocycles. The lowest BCUT2D eigenvalue weighted by Crippen LogP contribution is -2.66. The van der Waals surface area contributed by atoms with Crippen LogP contribution in [0.2, 0.25) is 0 Å². The van der Waals surface area contributed by atoms with Crippen molar-refractivity contribution in [2.24, 2.45) is 0 Å². The van der Waals surface area contributed by atoms with E-state index in [4.69, 9.17) is 28.4 Å². The standard InChI is InChI=1S/C86H151NO18/c1-3-5-7-9-11-13-15-17-19-21-23-25-26-27-28-29-30-31-32-33-34-35-36-37-38-39-40-41-42-44-46-48-50-52-54-56-58-60-62-64-74(92)87-69(70(91)63-61-59-57-55-53-51-49-47-45-43-24-22-20-18-16-14-12-10-8-6-4-2)68-100-84-80(98)77(95)82(72(66-89)102-84)105-86-81(99)78(96)83(73(67-90)103-86)104-85-79(97)76(94)75(93)71(65-88)101-85/h5,7,11,13,17,19,23,25,27-28,30-31,33-34,36-37,69-73,75-86,88-91,93-99H,3-4,6,8-10,12,14-16,18,20-22,24,26,29,32,35,38-68H2,1-2H3,(H,87,92)/b7-5-,13-11-,19-17-,25-23-,28-27-,31-30-,34-33-,37-36-. The van der Waals surface area contributed by atoms with Gasteiger partial charge in [-0.25, -0.2) is 0 Å². The summed E-state index contributed by atoms with van der Waals surface area (Å²) < 4.78 is 34.5. The lowest BCUT2D eigenvalue weighted by molar-refractivity contribution is -0.379. The van der Waals surface area contributed by atoms with Gasteiger partial charge in [-0.3, -0.25) is 4.79 Å². The Bertz CT molecular complexity index is 2270. The maximum Gasteiger partial charge on any atom is 0.220 e. The van der Waals surface area contributed by atoms with Crippen LogP contribution in [0.25, 0.3) is 0 Å². The van der Waals surface area contributed by atoms with Crippen LogP contribution in [0.15, 0.2) is 97.2 Å². The summed E-state index contributed by atoms with van der Waals surface area (Å²) in [6, 6.07) is -0.893. The van der Waals surface area contributed by atoms with Crippen molar-refractivity contribution in [3.63, 3.8) is 0 Å². The third-order valence-corrected chi connectivity index (χ3v) is 20.4. The highest BCUT2D eigenvalue weighted by Gasteiger charge is 2.54. The first kappa shape index (κ1) is 95.9. The van der Waals surface area contributed by atoms with Crippen molar-refractivity contribution in [1.82, 2.24) is 5.32 Å². The van der Waals surface area contributed by atoms with Crippen molar-refractivity contribution in [1.29, 1.82) is 0 Å². The molecule has 12 N–H and O–H groups in total. The summed E-state index contributed by atoms with van der Waals surface area (Å²) in [4.78, 5) is 13.5. The molecule has 0 aromatic heterocycles. The second kappa shape index (κ2) is 65.4. The number of ether oxygens (including phenoxy) is 6. The third kappa shape index (κ3) is 45.0. The molecule has 0 saturated carbocycles. The van der Waals surface area contributed by atoms with E-state index in [1.54, 1.807) is 0 Å². The normalized spacial score (nSPS) is 26.3. The fraction of sp³-hybridized carbons (Fsp3) is 0.802. The molecule has 3 rings (SSSR count). The van der Waals surface area contributed by atoms with Crippen LogP contribution in [0.5, 0.6) is 0 Å². The van der Waals surface area contributed by atoms with Crippen molar-refractivity contribution in [2.45, 2.75) is 413 Å². The van der Waals surface area contributed by atoms with Crippen LogP contribution < -0.4 is 5.32 Å². The van der Waals surface area contributed by atoms with E-state index in [1.165, 1.54) is 173 Å². The summed E-state index contributed by atoms with van der Waals surface area (Å²) in [6.45, 7) is 1.72. The fourth-order valence-corrected chi connectivity index (χ4v) is 13.7. The summed E-state index contributed by atoms with van der Waals surface area (Å²) in [6.07, 6.45) is 62.1. The number of rotatable bonds is 66. The third-order valence-electron chi connectivity index (χ3n) is 20.4. The van der Waals surface area contributed by atoms with Gasteiger partial charge in [0.25, 0.3) is 0 Å². The molecule has 608 valence electrons. The monoisotopic (exact) mass is 1490 g/mol. The van der Waals surface area contributed by atoms with Crippen molar-refractivity contribution < 1.29 is 89.4 Å². The molecule has 3 aliphatic rings. The average Bonchev–Trinajstić information content (AvgIpc) is 0.780. The Morgan fingerprint density at radius 2 is 0.657 bits per heavy atom. The predicted octanol–water partition coefficient (Wildman–Crippen LogP) is 14.7. The van der Waals surface area contributed by atoms with E-state index in [9.17, 15) is 61.0 Å². The molecule has 17 unspecified atom stereocenters. The molecular formula is C86H151NO18. The molecular weight excluding hydrogens is 1330 g/mol. The maximum atomic E-state index is 13.5. The Labute approximate surface area is 634 Å². The van der Waals surface area contributed by atoms with E-state index in [0.717, 1.165) is 103 Å². The molecule has 3 aliphatic heterocycles. The summed E-state index contributed by atoms with van der Waals surface area (Å²) in [7, 11) is 0. The lowest BCUT2D eigenvalue weighted by atomic mass is 9.96. The van der Waals surface area contributed by atoms with Crippen LogP contribution in [0, 0.1) is 0 Å². The molecule has 0 bridgehead atoms. The molecule has 0 spiro atoms. The predicted molar refractivity (Wildman–Crippen MR) is 420 cm³/mol. The van der Waals surface area contributed by atoms with Crippen LogP contribution in [0.3, 0.4) is 0 Å². The smallest absolute Gasteiger partial charge is 0.220 e. The molecule has 19 nitrogen and oxygen atoms in total. The van der Waals surface area contributed by atoms with Crippen LogP contribution in [-0.4, -0.2) is 193 Å². The quantitative estimate of drug-likeness (QED) is 0.0199. The van der Waals surface area contributed by atoms with E-state index in [0.29, 0.717) is 12.8 Å². The van der Waals surface area contributed by atoms with E-state index in [-0.39, 0.29) is 18.9 Å². The average molecular weight is 1490 g/mol. The van der Waals surface area contributed by atoms with Gasteiger partial charge in [-0.05, 0) is 77.0 Å². The van der Waals surface area contributed by atoms with E-state index in [1.807, 2.05) is 0 Å². The highest BCUT2D eigenvalue weighted by atomic mass is 16.8. The van der Waals surface area contributed by atoms with Crippen molar-refractivity contribution in [3.8, 4) is 0 Å². The number of allylic oxidation sites excluding steroid dienone is 16. The maximum absolute atomic E-state index is 13.5. The van der Waals surface area contributed by atoms with Gasteiger partial charge >= 0.3 is 0 Å². The Morgan fingerprint density at radius 3 is 1.03 bits per heavy atom. The van der Waals surface area contributed by atoms with Gasteiger partial charge in [0.1, 0.15) is 73.2 Å². The summed E-state index contributed by atoms with van der Waals surface area (Å²) in [5.74, 6) is -0.243. The molecule has 1 amide bonds. The highest BCUT2D eigenvalue weighted by Crippen LogP contribution is 2.33. The molecule has 105 heavy (non-hydrogen) atoms. The molecule has 0 aromatic carbocycles. The van der Waals surface area contributed by atoms with Crippen LogP contribution in [0.4, 0.5) is 0 Å². The van der Waals surface area contributed by atoms with Crippen molar-refractivity contribution >= 4 is 5.91 Å². The zero-order chi connectivity index (χ0) is 76.0. The number of unbranched alkanes of at least 4 members (excludes halogenated alkanes) is 34. The number of carbonyl (C=O) groups is 1. The van der Waals surface area contributed by atoms with Crippen molar-refractivity contribution in [2.75, 3.05) is 26.4 Å². The van der Waals surface area contributed by atoms with Gasteiger partial charge in [-0.1, -0.05) is 323 Å². The highest BCUT2D eigenvalue weighted by molar-refractivity contribution is 5.76. The number of carbonyl (C=O) groups excluding carboxylic acids is 1. The first-order valence-electron chi connectivity index (χ1n) is 42.0. The first-order valence-corrected chi connectivity index (χ1v) is 42.0. The van der Waals surface area contributed by atoms with E-state index >= 15 is 0 Å². The molecule has 0 radical (unpaired) electrons. The van der Waals surface area contributed by atoms with Gasteiger partial charge in [0, 0.05) is 6.42 Å². The number of nitrogens with one attached hydrogen (secondary N) is 1. The Balaban J connectivity index is 1.33. The topological polar surface area (TPSA) is 307 Å². The first-order chi connectivity index (χ1) is 51.3. The number of aliphatic hydroxyl groups excluding tert-OH is 11. The molecule has 3 saturated heterocycles. The minimum Gasteiger partial charge on any atom is -0.394 e. The Hall–Kier alpha value is -3.29. The molecule has 19 heteroatoms. The SMILES string of the molecule is CC/C=C\C/C=C\C/C=C\C/C=C\C/C=C\C/C=C\C/C=C\C/C=C\CCCCCCCCCCCCCCCCC(=O)NC(COC1OC(CO)C(OC2OC(CO)C(OC3OC(CO)C(O)C(O)C3O)C(O)C2O)C(O)C1O)C(O)CCCCCCCCCCCCCCCCCCCCCCC. The molecule has 0 aromatic rings. The lowest BCUT2D eigenvalue weighted by Gasteiger charge is -2.48. The summed E-state index contributed by atoms with van der Waals surface area (Å²) in [5, 5.41) is 121. The van der Waals surface area contributed by atoms with Gasteiger partial charge in [0.05, 0.1) is 38.6 Å². The summed E-state index contributed by atoms with van der Waals surface area (Å²) in [5.41, 5.74) is 0. The number of hydrogen-bond acceptors (Lipinski definition) is 18. The van der Waals surface area contributed by atoms with E-state index in [2.05, 4.69) is 116 Å². The van der Waals surface area contributed by atoms with E-state index < -0.39 is 124 Å². The van der Waals surface area contributed by atoms with Gasteiger partial charge in [0.2, 0.25) is 5.91 Å². The van der Waals surface area contributed by atoms with Gasteiger partial charge in [-0.15, -0.1) is 0 Å². The number of hydrogen-bond donors (Lipinski definition) is 12. The van der Waals surface area contributed by atoms with Crippen molar-refractivity contribution in [3.05, 3.63) is 97.2 Å². The van der Waals surface area contributed by atoms with Crippen LogP contribution >= 0.6 is 0 Å². The van der Waals surface area contributed by atoms with Gasteiger partial charge in [-0.2, -0.15) is 0 Å². The zero-order valence-corrected chi connectivity index (χ0v) is 65.2. The van der Waals surface area contributed by atoms with Gasteiger partial charge in [0.15, 0.2) is 18.9 Å². The minimum atomic E-state index is -1.98. The second-order valence-electron chi connectivity index (χ2n) is 29.6. The fourth-order valence-electron chi connectivity index (χ4n) is 13.7. The number of aliphatic hydroxyl groups is 11. The van der Waals surface area contributed by atoms with Crippen LogP contribution in [-0.2, 0) is 33.2 Å². The minimum absolute atomic E-state index is 0.243. The summed E-state index contributed by atoms with van der Waals surface area (Å²) >= 11 is 0. The number of amides is 1. The largest absolute Gasteiger partial charge is 0.394 e. The van der Waals surface area contributed by atoms with Crippen LogP contribution in [0.1, 0.15) is 309 Å². The Kier molecular flexibility index (Phi) is 59.8.